The van der Waals surface area contributed by atoms with Gasteiger partial charge in [0.25, 0.3) is 11.8 Å². The van der Waals surface area contributed by atoms with Crippen LogP contribution in [0.15, 0.2) is 54.1 Å². The molecule has 8 heteroatoms. The summed E-state index contributed by atoms with van der Waals surface area (Å²) < 4.78 is 0. The van der Waals surface area contributed by atoms with E-state index in [1.54, 1.807) is 29.6 Å². The number of rotatable bonds is 4. The predicted molar refractivity (Wildman–Crippen MR) is 104 cm³/mol. The summed E-state index contributed by atoms with van der Waals surface area (Å²) in [6, 6.07) is 7.36. The number of hydrogen-bond acceptors (Lipinski definition) is 6. The van der Waals surface area contributed by atoms with Crippen LogP contribution in [0, 0.1) is 0 Å². The maximum atomic E-state index is 12.5. The van der Waals surface area contributed by atoms with Crippen molar-refractivity contribution in [1.29, 1.82) is 0 Å². The maximum Gasteiger partial charge on any atom is 0.277 e. The molecule has 3 amide bonds. The topological polar surface area (TPSA) is 95.5 Å². The summed E-state index contributed by atoms with van der Waals surface area (Å²) in [5.74, 6) is -0.460. The van der Waals surface area contributed by atoms with E-state index in [0.717, 1.165) is 22.4 Å². The Bertz CT molecular complexity index is 975. The first-order valence-electron chi connectivity index (χ1n) is 9.01. The van der Waals surface area contributed by atoms with Gasteiger partial charge >= 0.3 is 0 Å². The van der Waals surface area contributed by atoms with E-state index in [9.17, 15) is 14.4 Å². The number of nitrogens with one attached hydrogen (secondary N) is 1. The van der Waals surface area contributed by atoms with Gasteiger partial charge in [0, 0.05) is 44.7 Å². The van der Waals surface area contributed by atoms with Gasteiger partial charge in [-0.3, -0.25) is 24.3 Å². The molecule has 4 rings (SSSR count). The van der Waals surface area contributed by atoms with Gasteiger partial charge in [-0.1, -0.05) is 0 Å². The molecule has 0 aliphatic carbocycles. The summed E-state index contributed by atoms with van der Waals surface area (Å²) in [5, 5.41) is 2.75. The van der Waals surface area contributed by atoms with Crippen molar-refractivity contribution >= 4 is 23.5 Å². The highest BCUT2D eigenvalue weighted by Crippen LogP contribution is 2.30. The van der Waals surface area contributed by atoms with Crippen molar-refractivity contribution in [3.8, 4) is 11.1 Å². The van der Waals surface area contributed by atoms with E-state index in [2.05, 4.69) is 15.3 Å². The lowest BCUT2D eigenvalue weighted by Gasteiger charge is -2.28. The summed E-state index contributed by atoms with van der Waals surface area (Å²) in [7, 11) is 1.47. The first-order valence-corrected chi connectivity index (χ1v) is 9.01. The molecule has 0 unspecified atom stereocenters. The third-order valence-corrected chi connectivity index (χ3v) is 4.91. The number of carbonyl (C=O) groups excluding carboxylic acids is 3. The second kappa shape index (κ2) is 7.22. The number of amides is 3. The summed E-state index contributed by atoms with van der Waals surface area (Å²) in [5.41, 5.74) is 2.77. The molecule has 8 nitrogen and oxygen atoms in total. The number of pyridine rings is 2. The highest BCUT2D eigenvalue weighted by atomic mass is 16.2. The lowest BCUT2D eigenvalue weighted by atomic mass is 10.0. The van der Waals surface area contributed by atoms with Crippen LogP contribution in [-0.2, 0) is 14.4 Å². The van der Waals surface area contributed by atoms with E-state index < -0.39 is 0 Å². The van der Waals surface area contributed by atoms with E-state index in [1.165, 1.54) is 7.05 Å². The van der Waals surface area contributed by atoms with E-state index in [1.807, 2.05) is 18.2 Å². The largest absolute Gasteiger partial charge is 0.357 e. The molecule has 0 spiro atoms. The molecule has 0 aromatic carbocycles. The number of aromatic nitrogens is 2. The minimum absolute atomic E-state index is 0. The molecule has 0 atom stereocenters. The lowest BCUT2D eigenvalue weighted by Crippen LogP contribution is -2.38. The van der Waals surface area contributed by atoms with Crippen molar-refractivity contribution < 1.29 is 15.8 Å². The number of anilines is 1. The van der Waals surface area contributed by atoms with Crippen LogP contribution in [0.25, 0.3) is 11.1 Å². The molecule has 2 aliphatic rings. The highest BCUT2D eigenvalue weighted by Gasteiger charge is 2.40. The van der Waals surface area contributed by atoms with Crippen molar-refractivity contribution in [1.82, 2.24) is 19.8 Å². The normalized spacial score (nSPS) is 16.5. The molecule has 2 aromatic rings. The zero-order valence-corrected chi connectivity index (χ0v) is 15.4. The molecule has 144 valence electrons. The van der Waals surface area contributed by atoms with Crippen LogP contribution >= 0.6 is 0 Å². The standard InChI is InChI=1S/C20H19N5O3.H2/c1-24-19(27)15-3-2-10-25(18(15)20(24)28)12-17(26)23-16-5-4-14(11-22-16)13-6-8-21-9-7-13;/h4-9,11H,2-3,10,12H2,1H3,(H,22,23,26);1H. The van der Waals surface area contributed by atoms with Gasteiger partial charge in [0.15, 0.2) is 0 Å². The molecule has 0 saturated heterocycles. The first kappa shape index (κ1) is 17.8. The zero-order chi connectivity index (χ0) is 19.7. The summed E-state index contributed by atoms with van der Waals surface area (Å²) >= 11 is 0. The summed E-state index contributed by atoms with van der Waals surface area (Å²) in [6.07, 6.45) is 6.40. The second-order valence-corrected chi connectivity index (χ2v) is 6.74. The van der Waals surface area contributed by atoms with Crippen molar-refractivity contribution in [2.24, 2.45) is 0 Å². The molecule has 0 saturated carbocycles. The van der Waals surface area contributed by atoms with E-state index >= 15 is 0 Å². The molecule has 0 bridgehead atoms. The molecular weight excluding hydrogens is 358 g/mol. The van der Waals surface area contributed by atoms with Crippen LogP contribution in [0.4, 0.5) is 5.82 Å². The number of imide groups is 1. The molecular formula is C20H21N5O3. The van der Waals surface area contributed by atoms with Gasteiger partial charge in [0.1, 0.15) is 11.5 Å². The van der Waals surface area contributed by atoms with Gasteiger partial charge in [-0.25, -0.2) is 4.98 Å². The summed E-state index contributed by atoms with van der Waals surface area (Å²) in [4.78, 5) is 48.0. The Hall–Kier alpha value is -3.55. The molecule has 28 heavy (non-hydrogen) atoms. The second-order valence-electron chi connectivity index (χ2n) is 6.74. The predicted octanol–water partition coefficient (Wildman–Crippen LogP) is 1.68. The molecule has 0 fully saturated rings. The van der Waals surface area contributed by atoms with Crippen LogP contribution in [0.1, 0.15) is 14.3 Å². The number of nitrogens with zero attached hydrogens (tertiary/aromatic N) is 4. The SMILES string of the molecule is CN1C(=O)C2=C(C1=O)N(CC(=O)Nc1ccc(-c3ccncc3)cn1)CCC2.[HH]. The zero-order valence-electron chi connectivity index (χ0n) is 15.4. The number of likely N-dealkylation sites (N-methyl/N-ethyl adjacent to an activating group) is 1. The van der Waals surface area contributed by atoms with Gasteiger partial charge in [-0.05, 0) is 42.7 Å². The van der Waals surface area contributed by atoms with Crippen molar-refractivity contribution in [3.05, 3.63) is 54.1 Å². The monoisotopic (exact) mass is 379 g/mol. The Morgan fingerprint density at radius 3 is 2.64 bits per heavy atom. The van der Waals surface area contributed by atoms with Gasteiger partial charge in [0.05, 0.1) is 6.54 Å². The third kappa shape index (κ3) is 3.24. The van der Waals surface area contributed by atoms with Gasteiger partial charge < -0.3 is 10.2 Å². The van der Waals surface area contributed by atoms with Gasteiger partial charge in [-0.15, -0.1) is 0 Å². The molecule has 1 N–H and O–H groups in total. The van der Waals surface area contributed by atoms with Crippen LogP contribution in [-0.4, -0.2) is 57.6 Å². The van der Waals surface area contributed by atoms with Crippen LogP contribution in [0.2, 0.25) is 0 Å². The quantitative estimate of drug-likeness (QED) is 0.812. The maximum absolute atomic E-state index is 12.5. The fourth-order valence-electron chi connectivity index (χ4n) is 3.49. The van der Waals surface area contributed by atoms with Gasteiger partial charge in [0.2, 0.25) is 5.91 Å². The number of carbonyl (C=O) groups is 3. The van der Waals surface area contributed by atoms with E-state index in [0.29, 0.717) is 30.1 Å². The fourth-order valence-corrected chi connectivity index (χ4v) is 3.49. The Labute approximate surface area is 163 Å². The first-order chi connectivity index (χ1) is 13.5. The van der Waals surface area contributed by atoms with E-state index in [4.69, 9.17) is 0 Å². The minimum Gasteiger partial charge on any atom is -0.357 e. The Balaban J connectivity index is 0.00000240. The number of hydrogen-bond donors (Lipinski definition) is 1. The molecule has 2 aromatic heterocycles. The average Bonchev–Trinajstić information content (AvgIpc) is 2.94. The smallest absolute Gasteiger partial charge is 0.277 e. The molecule has 4 heterocycles. The highest BCUT2D eigenvalue weighted by molar-refractivity contribution is 6.19. The van der Waals surface area contributed by atoms with Crippen molar-refractivity contribution in [2.45, 2.75) is 12.8 Å². The minimum atomic E-state index is -0.340. The van der Waals surface area contributed by atoms with E-state index in [-0.39, 0.29) is 25.7 Å². The Morgan fingerprint density at radius 1 is 1.14 bits per heavy atom. The Kier molecular flexibility index (Phi) is 4.60. The fraction of sp³-hybridized carbons (Fsp3) is 0.250. The van der Waals surface area contributed by atoms with Crippen LogP contribution < -0.4 is 5.32 Å². The molecule has 0 radical (unpaired) electrons. The van der Waals surface area contributed by atoms with Crippen LogP contribution in [0.3, 0.4) is 0 Å². The lowest BCUT2D eigenvalue weighted by molar-refractivity contribution is -0.136. The van der Waals surface area contributed by atoms with Crippen molar-refractivity contribution in [3.63, 3.8) is 0 Å². The third-order valence-electron chi connectivity index (χ3n) is 4.91. The van der Waals surface area contributed by atoms with Gasteiger partial charge in [-0.2, -0.15) is 0 Å². The average molecular weight is 379 g/mol. The van der Waals surface area contributed by atoms with Crippen molar-refractivity contribution in [2.75, 3.05) is 25.5 Å². The Morgan fingerprint density at radius 2 is 1.93 bits per heavy atom. The molecule has 2 aliphatic heterocycles. The van der Waals surface area contributed by atoms with Crippen LogP contribution in [0.5, 0.6) is 0 Å². The summed E-state index contributed by atoms with van der Waals surface area (Å²) in [6.45, 7) is 0.563.